The van der Waals surface area contributed by atoms with Crippen molar-refractivity contribution in [2.75, 3.05) is 12.4 Å². The summed E-state index contributed by atoms with van der Waals surface area (Å²) in [4.78, 5) is 0. The molecule has 0 aliphatic heterocycles. The summed E-state index contributed by atoms with van der Waals surface area (Å²) in [6.45, 7) is 7.22. The van der Waals surface area contributed by atoms with Crippen LogP contribution in [0, 0.1) is 16.7 Å². The van der Waals surface area contributed by atoms with E-state index in [0.717, 1.165) is 22.4 Å². The minimum atomic E-state index is 0.319. The molecular formula is C17H24ClNO. The van der Waals surface area contributed by atoms with Gasteiger partial charge in [0.05, 0.1) is 17.8 Å². The van der Waals surface area contributed by atoms with Gasteiger partial charge in [0.2, 0.25) is 0 Å². The molecule has 2 bridgehead atoms. The van der Waals surface area contributed by atoms with Gasteiger partial charge in [0.25, 0.3) is 0 Å². The Morgan fingerprint density at radius 3 is 2.65 bits per heavy atom. The second-order valence-corrected chi connectivity index (χ2v) is 7.75. The Kier molecular flexibility index (Phi) is 3.20. The van der Waals surface area contributed by atoms with Gasteiger partial charge in [0, 0.05) is 12.1 Å². The molecule has 0 saturated heterocycles. The molecule has 0 radical (unpaired) electrons. The molecule has 2 fully saturated rings. The van der Waals surface area contributed by atoms with Crippen molar-refractivity contribution in [3.63, 3.8) is 0 Å². The topological polar surface area (TPSA) is 21.3 Å². The number of hydrogen-bond acceptors (Lipinski definition) is 2. The summed E-state index contributed by atoms with van der Waals surface area (Å²) in [7, 11) is 1.69. The van der Waals surface area contributed by atoms with Crippen molar-refractivity contribution in [1.29, 1.82) is 0 Å². The minimum Gasteiger partial charge on any atom is -0.497 e. The van der Waals surface area contributed by atoms with Gasteiger partial charge in [-0.1, -0.05) is 32.4 Å². The third-order valence-corrected chi connectivity index (χ3v) is 6.07. The first-order valence-electron chi connectivity index (χ1n) is 7.47. The van der Waals surface area contributed by atoms with Crippen molar-refractivity contribution >= 4 is 17.3 Å². The van der Waals surface area contributed by atoms with Crippen molar-refractivity contribution in [2.24, 2.45) is 16.7 Å². The van der Waals surface area contributed by atoms with Crippen molar-refractivity contribution < 1.29 is 4.74 Å². The molecule has 0 amide bonds. The SMILES string of the molecule is COc1ccc(Cl)c(NC2C3(C)CCC(C3)C2(C)C)c1. The summed E-state index contributed by atoms with van der Waals surface area (Å²) in [6.07, 6.45) is 4.02. The van der Waals surface area contributed by atoms with Crippen molar-refractivity contribution in [2.45, 2.75) is 46.1 Å². The number of anilines is 1. The molecule has 3 heteroatoms. The molecular weight excluding hydrogens is 270 g/mol. The predicted molar refractivity (Wildman–Crippen MR) is 84.6 cm³/mol. The van der Waals surface area contributed by atoms with E-state index < -0.39 is 0 Å². The van der Waals surface area contributed by atoms with Gasteiger partial charge in [0.15, 0.2) is 0 Å². The number of hydrogen-bond donors (Lipinski definition) is 1. The van der Waals surface area contributed by atoms with E-state index in [2.05, 4.69) is 26.1 Å². The fourth-order valence-electron chi connectivity index (χ4n) is 4.56. The number of halogens is 1. The first kappa shape index (κ1) is 14.1. The van der Waals surface area contributed by atoms with E-state index in [1.807, 2.05) is 18.2 Å². The largest absolute Gasteiger partial charge is 0.497 e. The highest BCUT2D eigenvalue weighted by atomic mass is 35.5. The second kappa shape index (κ2) is 4.56. The standard InChI is InChI=1S/C17H24ClNO/c1-16(2)11-7-8-17(3,10-11)15(16)19-14-9-12(20-4)5-6-13(14)18/h5-6,9,11,15,19H,7-8,10H2,1-4H3. The Labute approximate surface area is 126 Å². The zero-order valence-corrected chi connectivity index (χ0v) is 13.6. The molecule has 1 aromatic carbocycles. The normalized spacial score (nSPS) is 34.2. The molecule has 20 heavy (non-hydrogen) atoms. The van der Waals surface area contributed by atoms with Gasteiger partial charge in [-0.2, -0.15) is 0 Å². The third kappa shape index (κ3) is 2.00. The molecule has 0 spiro atoms. The van der Waals surface area contributed by atoms with Crippen LogP contribution in [0.5, 0.6) is 5.75 Å². The van der Waals surface area contributed by atoms with Gasteiger partial charge in [-0.15, -0.1) is 0 Å². The van der Waals surface area contributed by atoms with Gasteiger partial charge in [-0.3, -0.25) is 0 Å². The Morgan fingerprint density at radius 2 is 2.05 bits per heavy atom. The monoisotopic (exact) mass is 293 g/mol. The first-order valence-corrected chi connectivity index (χ1v) is 7.85. The van der Waals surface area contributed by atoms with Gasteiger partial charge in [0.1, 0.15) is 5.75 Å². The maximum atomic E-state index is 6.35. The molecule has 1 N–H and O–H groups in total. The van der Waals surface area contributed by atoms with E-state index in [-0.39, 0.29) is 0 Å². The van der Waals surface area contributed by atoms with E-state index in [9.17, 15) is 0 Å². The van der Waals surface area contributed by atoms with E-state index in [1.54, 1.807) is 7.11 Å². The number of ether oxygens (including phenoxy) is 1. The van der Waals surface area contributed by atoms with E-state index in [1.165, 1.54) is 19.3 Å². The van der Waals surface area contributed by atoms with E-state index >= 15 is 0 Å². The van der Waals surface area contributed by atoms with Crippen LogP contribution in [-0.2, 0) is 0 Å². The molecule has 110 valence electrons. The zero-order chi connectivity index (χ0) is 14.5. The molecule has 2 aliphatic carbocycles. The first-order chi connectivity index (χ1) is 9.37. The van der Waals surface area contributed by atoms with Gasteiger partial charge in [-0.25, -0.2) is 0 Å². The summed E-state index contributed by atoms with van der Waals surface area (Å²) in [5, 5.41) is 4.51. The lowest BCUT2D eigenvalue weighted by molar-refractivity contribution is 0.155. The average molecular weight is 294 g/mol. The number of methoxy groups -OCH3 is 1. The summed E-state index contributed by atoms with van der Waals surface area (Å²) >= 11 is 6.35. The Hall–Kier alpha value is -0.890. The zero-order valence-electron chi connectivity index (χ0n) is 12.8. The van der Waals surface area contributed by atoms with Crippen molar-refractivity contribution in [3.8, 4) is 5.75 Å². The van der Waals surface area contributed by atoms with Gasteiger partial charge in [-0.05, 0) is 48.1 Å². The molecule has 0 heterocycles. The molecule has 2 saturated carbocycles. The Balaban J connectivity index is 1.91. The molecule has 1 aromatic rings. The number of fused-ring (bicyclic) bond motifs is 2. The summed E-state index contributed by atoms with van der Waals surface area (Å²) in [5.74, 6) is 1.68. The molecule has 2 aliphatic rings. The predicted octanol–water partition coefficient (Wildman–Crippen LogP) is 4.98. The summed E-state index contributed by atoms with van der Waals surface area (Å²) in [5.41, 5.74) is 1.71. The van der Waals surface area contributed by atoms with Crippen LogP contribution in [0.25, 0.3) is 0 Å². The van der Waals surface area contributed by atoms with Gasteiger partial charge < -0.3 is 10.1 Å². The molecule has 2 nitrogen and oxygen atoms in total. The van der Waals surface area contributed by atoms with Crippen molar-refractivity contribution in [1.82, 2.24) is 0 Å². The molecule has 3 unspecified atom stereocenters. The molecule has 3 atom stereocenters. The lowest BCUT2D eigenvalue weighted by Crippen LogP contribution is -2.45. The lowest BCUT2D eigenvalue weighted by atomic mass is 9.68. The quantitative estimate of drug-likeness (QED) is 0.849. The van der Waals surface area contributed by atoms with Crippen LogP contribution in [0.15, 0.2) is 18.2 Å². The van der Waals surface area contributed by atoms with Crippen LogP contribution < -0.4 is 10.1 Å². The van der Waals surface area contributed by atoms with Crippen molar-refractivity contribution in [3.05, 3.63) is 23.2 Å². The smallest absolute Gasteiger partial charge is 0.121 e. The van der Waals surface area contributed by atoms with Crippen LogP contribution in [-0.4, -0.2) is 13.2 Å². The van der Waals surface area contributed by atoms with Crippen LogP contribution in [0.2, 0.25) is 5.02 Å². The number of nitrogens with one attached hydrogen (secondary N) is 1. The van der Waals surface area contributed by atoms with Crippen LogP contribution >= 0.6 is 11.6 Å². The van der Waals surface area contributed by atoms with Crippen LogP contribution in [0.3, 0.4) is 0 Å². The fraction of sp³-hybridized carbons (Fsp3) is 0.647. The van der Waals surface area contributed by atoms with Gasteiger partial charge >= 0.3 is 0 Å². The van der Waals surface area contributed by atoms with E-state index in [0.29, 0.717) is 16.9 Å². The highest BCUT2D eigenvalue weighted by Crippen LogP contribution is 2.63. The second-order valence-electron chi connectivity index (χ2n) is 7.34. The van der Waals surface area contributed by atoms with E-state index in [4.69, 9.17) is 16.3 Å². The average Bonchev–Trinajstić information content (AvgIpc) is 2.88. The highest BCUT2D eigenvalue weighted by Gasteiger charge is 2.59. The Bertz CT molecular complexity index is 523. The van der Waals surface area contributed by atoms with Crippen LogP contribution in [0.1, 0.15) is 40.0 Å². The number of rotatable bonds is 3. The highest BCUT2D eigenvalue weighted by molar-refractivity contribution is 6.33. The summed E-state index contributed by atoms with van der Waals surface area (Å²) in [6, 6.07) is 6.29. The summed E-state index contributed by atoms with van der Waals surface area (Å²) < 4.78 is 5.31. The molecule has 0 aromatic heterocycles. The maximum absolute atomic E-state index is 6.35. The third-order valence-electron chi connectivity index (χ3n) is 5.74. The van der Waals surface area contributed by atoms with Crippen LogP contribution in [0.4, 0.5) is 5.69 Å². The minimum absolute atomic E-state index is 0.319. The lowest BCUT2D eigenvalue weighted by Gasteiger charge is -2.43. The maximum Gasteiger partial charge on any atom is 0.121 e. The molecule has 3 rings (SSSR count). The fourth-order valence-corrected chi connectivity index (χ4v) is 4.73. The number of benzene rings is 1. The Morgan fingerprint density at radius 1 is 1.30 bits per heavy atom.